The Bertz CT molecular complexity index is 830. The highest BCUT2D eigenvalue weighted by molar-refractivity contribution is 7.94. The minimum atomic E-state index is -3.55. The van der Waals surface area contributed by atoms with Gasteiger partial charge < -0.3 is 4.74 Å². The summed E-state index contributed by atoms with van der Waals surface area (Å²) in [5, 5.41) is 1.71. The number of rotatable bonds is 5. The summed E-state index contributed by atoms with van der Waals surface area (Å²) in [5.41, 5.74) is 0.383. The van der Waals surface area contributed by atoms with Crippen molar-refractivity contribution in [2.24, 2.45) is 0 Å². The van der Waals surface area contributed by atoms with Crippen LogP contribution < -0.4 is 9.46 Å². The van der Waals surface area contributed by atoms with Crippen LogP contribution in [0.4, 0.5) is 5.69 Å². The van der Waals surface area contributed by atoms with Gasteiger partial charge in [0, 0.05) is 6.07 Å². The van der Waals surface area contributed by atoms with Gasteiger partial charge in [0.1, 0.15) is 9.96 Å². The molecule has 2 heterocycles. The van der Waals surface area contributed by atoms with Crippen LogP contribution in [0, 0.1) is 0 Å². The molecule has 112 valence electrons. The summed E-state index contributed by atoms with van der Waals surface area (Å²) in [5.74, 6) is 1.06. The molecule has 3 aromatic rings. The molecule has 0 unspecified atom stereocenters. The maximum Gasteiger partial charge on any atom is 0.271 e. The number of hydrogen-bond acceptors (Lipinski definition) is 5. The van der Waals surface area contributed by atoms with E-state index in [4.69, 9.17) is 4.74 Å². The van der Waals surface area contributed by atoms with Gasteiger partial charge in [-0.25, -0.2) is 13.4 Å². The second-order valence-corrected chi connectivity index (χ2v) is 7.19. The van der Waals surface area contributed by atoms with Crippen molar-refractivity contribution >= 4 is 27.0 Å². The molecule has 0 saturated carbocycles. The Hall–Kier alpha value is -2.38. The lowest BCUT2D eigenvalue weighted by atomic mass is 10.3. The lowest BCUT2D eigenvalue weighted by Gasteiger charge is -2.07. The van der Waals surface area contributed by atoms with Gasteiger partial charge in [-0.3, -0.25) is 4.72 Å². The van der Waals surface area contributed by atoms with Crippen molar-refractivity contribution in [1.82, 2.24) is 4.98 Å². The maximum atomic E-state index is 12.1. The minimum absolute atomic E-state index is 0.261. The van der Waals surface area contributed by atoms with Crippen molar-refractivity contribution in [2.75, 3.05) is 4.72 Å². The summed E-state index contributed by atoms with van der Waals surface area (Å²) >= 11 is 1.16. The monoisotopic (exact) mass is 332 g/mol. The van der Waals surface area contributed by atoms with E-state index < -0.39 is 10.0 Å². The predicted octanol–water partition coefficient (Wildman–Crippen LogP) is 3.74. The van der Waals surface area contributed by atoms with Crippen LogP contribution in [-0.2, 0) is 10.0 Å². The molecule has 22 heavy (non-hydrogen) atoms. The molecule has 0 spiro atoms. The molecule has 0 aliphatic rings. The van der Waals surface area contributed by atoms with Crippen LogP contribution >= 0.6 is 11.3 Å². The van der Waals surface area contributed by atoms with Gasteiger partial charge in [0.25, 0.3) is 10.0 Å². The van der Waals surface area contributed by atoms with E-state index in [1.807, 2.05) is 30.3 Å². The fraction of sp³-hybridized carbons (Fsp3) is 0. The highest BCUT2D eigenvalue weighted by atomic mass is 32.2. The smallest absolute Gasteiger partial charge is 0.271 e. The highest BCUT2D eigenvalue weighted by Gasteiger charge is 2.15. The third-order valence-corrected chi connectivity index (χ3v) is 5.49. The van der Waals surface area contributed by atoms with Gasteiger partial charge in [0.15, 0.2) is 0 Å². The molecule has 1 aromatic carbocycles. The van der Waals surface area contributed by atoms with Crippen LogP contribution in [0.15, 0.2) is 70.4 Å². The van der Waals surface area contributed by atoms with Crippen LogP contribution in [0.2, 0.25) is 0 Å². The van der Waals surface area contributed by atoms with Gasteiger partial charge in [-0.15, -0.1) is 11.3 Å². The largest absolute Gasteiger partial charge is 0.439 e. The van der Waals surface area contributed by atoms with E-state index in [0.717, 1.165) is 11.3 Å². The number of hydrogen-bond donors (Lipinski definition) is 1. The van der Waals surface area contributed by atoms with E-state index in [-0.39, 0.29) is 4.21 Å². The van der Waals surface area contributed by atoms with Gasteiger partial charge in [-0.1, -0.05) is 24.3 Å². The van der Waals surface area contributed by atoms with E-state index in [9.17, 15) is 8.42 Å². The lowest BCUT2D eigenvalue weighted by molar-refractivity contribution is 0.463. The lowest BCUT2D eigenvalue weighted by Crippen LogP contribution is -2.11. The molecule has 2 aromatic heterocycles. The maximum absolute atomic E-state index is 12.1. The van der Waals surface area contributed by atoms with Gasteiger partial charge >= 0.3 is 0 Å². The number of anilines is 1. The van der Waals surface area contributed by atoms with Crippen LogP contribution in [0.25, 0.3) is 0 Å². The molecular weight excluding hydrogens is 320 g/mol. The summed E-state index contributed by atoms with van der Waals surface area (Å²) in [4.78, 5) is 4.09. The molecule has 0 fully saturated rings. The zero-order valence-electron chi connectivity index (χ0n) is 11.3. The molecule has 5 nitrogen and oxygen atoms in total. The molecule has 3 rings (SSSR count). The van der Waals surface area contributed by atoms with E-state index in [1.54, 1.807) is 29.6 Å². The van der Waals surface area contributed by atoms with E-state index >= 15 is 0 Å². The normalized spacial score (nSPS) is 11.1. The topological polar surface area (TPSA) is 68.3 Å². The zero-order valence-corrected chi connectivity index (χ0v) is 13.0. The Morgan fingerprint density at radius 3 is 2.45 bits per heavy atom. The van der Waals surface area contributed by atoms with Crippen molar-refractivity contribution in [1.29, 1.82) is 0 Å². The standard InChI is InChI=1S/C15H12N2O3S2/c18-22(19,15-7-4-10-21-15)17-12-8-9-14(16-11-12)20-13-5-2-1-3-6-13/h1-11,17H. The molecule has 0 aliphatic carbocycles. The number of aromatic nitrogens is 1. The Labute approximate surface area is 132 Å². The first-order valence-electron chi connectivity index (χ1n) is 6.39. The molecular formula is C15H12N2O3S2. The van der Waals surface area contributed by atoms with Crippen LogP contribution in [0.3, 0.4) is 0 Å². The number of sulfonamides is 1. The molecule has 0 saturated heterocycles. The first kappa shape index (κ1) is 14.6. The fourth-order valence-electron chi connectivity index (χ4n) is 1.73. The Morgan fingerprint density at radius 2 is 1.82 bits per heavy atom. The van der Waals surface area contributed by atoms with Crippen molar-refractivity contribution in [3.8, 4) is 11.6 Å². The first-order chi connectivity index (χ1) is 10.6. The molecule has 0 atom stereocenters. The highest BCUT2D eigenvalue weighted by Crippen LogP contribution is 2.22. The van der Waals surface area contributed by atoms with Crippen molar-refractivity contribution in [3.05, 3.63) is 66.2 Å². The van der Waals surface area contributed by atoms with Crippen molar-refractivity contribution < 1.29 is 13.2 Å². The second-order valence-electron chi connectivity index (χ2n) is 4.34. The third kappa shape index (κ3) is 3.44. The fourth-order valence-corrected chi connectivity index (χ4v) is 3.77. The number of thiophene rings is 1. The van der Waals surface area contributed by atoms with Crippen molar-refractivity contribution in [3.63, 3.8) is 0 Å². The van der Waals surface area contributed by atoms with Gasteiger partial charge in [0.2, 0.25) is 5.88 Å². The summed E-state index contributed by atoms with van der Waals surface area (Å²) in [6.45, 7) is 0. The summed E-state index contributed by atoms with van der Waals surface area (Å²) in [6, 6.07) is 15.7. The Morgan fingerprint density at radius 1 is 1.00 bits per heavy atom. The zero-order chi connectivity index (χ0) is 15.4. The average molecular weight is 332 g/mol. The van der Waals surface area contributed by atoms with Crippen LogP contribution in [0.5, 0.6) is 11.6 Å². The van der Waals surface area contributed by atoms with Crippen LogP contribution in [-0.4, -0.2) is 13.4 Å². The molecule has 0 bridgehead atoms. The molecule has 7 heteroatoms. The molecule has 0 amide bonds. The molecule has 1 N–H and O–H groups in total. The van der Waals surface area contributed by atoms with Gasteiger partial charge in [-0.2, -0.15) is 0 Å². The van der Waals surface area contributed by atoms with Crippen LogP contribution in [0.1, 0.15) is 0 Å². The average Bonchev–Trinajstić information content (AvgIpc) is 3.05. The summed E-state index contributed by atoms with van der Waals surface area (Å²) in [7, 11) is -3.55. The van der Waals surface area contributed by atoms with Gasteiger partial charge in [0.05, 0.1) is 11.9 Å². The number of para-hydroxylation sites is 1. The Kier molecular flexibility index (Phi) is 4.08. The quantitative estimate of drug-likeness (QED) is 0.773. The number of nitrogens with one attached hydrogen (secondary N) is 1. The third-order valence-electron chi connectivity index (χ3n) is 2.71. The summed E-state index contributed by atoms with van der Waals surface area (Å²) in [6.07, 6.45) is 1.42. The summed E-state index contributed by atoms with van der Waals surface area (Å²) < 4.78 is 32.4. The predicted molar refractivity (Wildman–Crippen MR) is 85.9 cm³/mol. The molecule has 0 aliphatic heterocycles. The number of benzene rings is 1. The van der Waals surface area contributed by atoms with Crippen molar-refractivity contribution in [2.45, 2.75) is 4.21 Å². The SMILES string of the molecule is O=S(=O)(Nc1ccc(Oc2ccccc2)nc1)c1cccs1. The first-order valence-corrected chi connectivity index (χ1v) is 8.75. The number of ether oxygens (including phenoxy) is 1. The Balaban J connectivity index is 1.72. The van der Waals surface area contributed by atoms with E-state index in [1.165, 1.54) is 6.20 Å². The molecule has 0 radical (unpaired) electrons. The second kappa shape index (κ2) is 6.17. The van der Waals surface area contributed by atoms with E-state index in [2.05, 4.69) is 9.71 Å². The number of pyridine rings is 1. The number of nitrogens with zero attached hydrogens (tertiary/aromatic N) is 1. The van der Waals surface area contributed by atoms with E-state index in [0.29, 0.717) is 17.3 Å². The minimum Gasteiger partial charge on any atom is -0.439 e. The van der Waals surface area contributed by atoms with Gasteiger partial charge in [-0.05, 0) is 29.6 Å².